The van der Waals surface area contributed by atoms with Crippen molar-refractivity contribution in [2.45, 2.75) is 51.1 Å². The average Bonchev–Trinajstić information content (AvgIpc) is 3.14. The third kappa shape index (κ3) is 5.92. The fraction of sp³-hybridized carbons (Fsp3) is 0.529. The van der Waals surface area contributed by atoms with Crippen molar-refractivity contribution in [1.29, 1.82) is 0 Å². The Balaban J connectivity index is 1.59. The van der Waals surface area contributed by atoms with E-state index in [1.54, 1.807) is 0 Å². The zero-order chi connectivity index (χ0) is 14.4. The molecule has 1 aliphatic rings. The lowest BCUT2D eigenvalue weighted by molar-refractivity contribution is 0.293. The van der Waals surface area contributed by atoms with Gasteiger partial charge in [0.25, 0.3) is 0 Å². The summed E-state index contributed by atoms with van der Waals surface area (Å²) in [5.41, 5.74) is 1.06. The summed E-state index contributed by atoms with van der Waals surface area (Å²) >= 11 is 0. The monoisotopic (exact) mass is 288 g/mol. The fourth-order valence-electron chi connectivity index (χ4n) is 1.99. The van der Waals surface area contributed by atoms with Gasteiger partial charge in [-0.2, -0.15) is 0 Å². The molecule has 2 nitrogen and oxygen atoms in total. The van der Waals surface area contributed by atoms with Crippen LogP contribution in [0.3, 0.4) is 0 Å². The van der Waals surface area contributed by atoms with E-state index in [4.69, 9.17) is 9.16 Å². The summed E-state index contributed by atoms with van der Waals surface area (Å²) in [7, 11) is -1.34. The number of benzene rings is 1. The second-order valence-electron chi connectivity index (χ2n) is 6.19. The maximum absolute atomic E-state index is 5.83. The third-order valence-corrected chi connectivity index (χ3v) is 4.20. The molecule has 108 valence electrons. The van der Waals surface area contributed by atoms with Gasteiger partial charge in [0.05, 0.1) is 6.10 Å². The third-order valence-electron chi connectivity index (χ3n) is 3.13. The molecule has 0 saturated carbocycles. The summed E-state index contributed by atoms with van der Waals surface area (Å²) < 4.78 is 11.4. The van der Waals surface area contributed by atoms with Gasteiger partial charge in [-0.05, 0) is 51.0 Å². The molecule has 1 aromatic carbocycles. The molecule has 0 bridgehead atoms. The van der Waals surface area contributed by atoms with Crippen LogP contribution < -0.4 is 0 Å². The van der Waals surface area contributed by atoms with Crippen LogP contribution in [0.15, 0.2) is 30.3 Å². The lowest BCUT2D eigenvalue weighted by Crippen LogP contribution is -2.25. The van der Waals surface area contributed by atoms with Gasteiger partial charge in [0.1, 0.15) is 6.10 Å². The molecule has 2 atom stereocenters. The largest absolute Gasteiger partial charge is 0.418 e. The zero-order valence-corrected chi connectivity index (χ0v) is 13.7. The highest BCUT2D eigenvalue weighted by atomic mass is 28.4. The minimum absolute atomic E-state index is 0.146. The Morgan fingerprint density at radius 2 is 1.90 bits per heavy atom. The van der Waals surface area contributed by atoms with Crippen molar-refractivity contribution >= 4 is 8.32 Å². The SMILES string of the molecule is C[Si](C)(C)OCCCC[C@H]1O[C@H]1C#Cc1ccccc1. The second-order valence-corrected chi connectivity index (χ2v) is 10.7. The Kier molecular flexibility index (Phi) is 5.42. The highest BCUT2D eigenvalue weighted by molar-refractivity contribution is 6.69. The predicted molar refractivity (Wildman–Crippen MR) is 85.1 cm³/mol. The van der Waals surface area contributed by atoms with Crippen molar-refractivity contribution in [3.8, 4) is 11.8 Å². The maximum Gasteiger partial charge on any atom is 0.183 e. The molecule has 0 spiro atoms. The van der Waals surface area contributed by atoms with Crippen LogP contribution in [0.2, 0.25) is 19.6 Å². The van der Waals surface area contributed by atoms with Crippen molar-refractivity contribution in [2.75, 3.05) is 6.61 Å². The van der Waals surface area contributed by atoms with Crippen molar-refractivity contribution in [2.24, 2.45) is 0 Å². The molecule has 0 radical (unpaired) electrons. The van der Waals surface area contributed by atoms with E-state index in [1.165, 1.54) is 6.42 Å². The topological polar surface area (TPSA) is 21.8 Å². The molecule has 1 aliphatic heterocycles. The average molecular weight is 288 g/mol. The molecule has 0 aliphatic carbocycles. The van der Waals surface area contributed by atoms with Crippen LogP contribution >= 0.6 is 0 Å². The number of epoxide rings is 1. The van der Waals surface area contributed by atoms with Gasteiger partial charge in [-0.25, -0.2) is 0 Å². The number of hydrogen-bond donors (Lipinski definition) is 0. The lowest BCUT2D eigenvalue weighted by Gasteiger charge is -2.16. The van der Waals surface area contributed by atoms with E-state index in [0.717, 1.165) is 25.0 Å². The van der Waals surface area contributed by atoms with E-state index in [0.29, 0.717) is 6.10 Å². The predicted octanol–water partition coefficient (Wildman–Crippen LogP) is 3.83. The van der Waals surface area contributed by atoms with E-state index in [9.17, 15) is 0 Å². The van der Waals surface area contributed by atoms with E-state index >= 15 is 0 Å². The van der Waals surface area contributed by atoms with Gasteiger partial charge >= 0.3 is 0 Å². The first-order valence-electron chi connectivity index (χ1n) is 7.41. The van der Waals surface area contributed by atoms with Crippen LogP contribution in [0.1, 0.15) is 24.8 Å². The van der Waals surface area contributed by atoms with E-state index < -0.39 is 8.32 Å². The number of ether oxygens (including phenoxy) is 1. The van der Waals surface area contributed by atoms with Gasteiger partial charge in [-0.1, -0.05) is 30.0 Å². The van der Waals surface area contributed by atoms with Crippen molar-refractivity contribution in [3.63, 3.8) is 0 Å². The normalized spacial score (nSPS) is 21.1. The van der Waals surface area contributed by atoms with Gasteiger partial charge in [0, 0.05) is 12.2 Å². The first-order chi connectivity index (χ1) is 9.54. The highest BCUT2D eigenvalue weighted by Gasteiger charge is 2.36. The standard InChI is InChI=1S/C17H24O2Si/c1-20(2,3)18-14-8-7-11-16-17(19-16)13-12-15-9-5-4-6-10-15/h4-6,9-10,16-17H,7-8,11,14H2,1-3H3/t16-,17+/m1/s1. The molecule has 0 unspecified atom stereocenters. The zero-order valence-electron chi connectivity index (χ0n) is 12.7. The highest BCUT2D eigenvalue weighted by Crippen LogP contribution is 2.26. The van der Waals surface area contributed by atoms with Gasteiger partial charge in [0.2, 0.25) is 0 Å². The number of unbranched alkanes of at least 4 members (excludes halogenated alkanes) is 1. The second kappa shape index (κ2) is 7.08. The molecule has 0 amide bonds. The Morgan fingerprint density at radius 3 is 2.60 bits per heavy atom. The minimum atomic E-state index is -1.34. The fourth-order valence-corrected chi connectivity index (χ4v) is 2.75. The van der Waals surface area contributed by atoms with Gasteiger partial charge < -0.3 is 9.16 Å². The summed E-state index contributed by atoms with van der Waals surface area (Å²) in [6.45, 7) is 7.58. The molecular weight excluding hydrogens is 264 g/mol. The number of rotatable bonds is 6. The van der Waals surface area contributed by atoms with E-state index in [-0.39, 0.29) is 6.10 Å². The first kappa shape index (κ1) is 15.3. The van der Waals surface area contributed by atoms with Crippen molar-refractivity contribution < 1.29 is 9.16 Å². The number of hydrogen-bond acceptors (Lipinski definition) is 2. The molecule has 20 heavy (non-hydrogen) atoms. The van der Waals surface area contributed by atoms with Crippen LogP contribution in [0.5, 0.6) is 0 Å². The van der Waals surface area contributed by atoms with Crippen LogP contribution in [-0.4, -0.2) is 27.1 Å². The summed E-state index contributed by atoms with van der Waals surface area (Å²) in [6.07, 6.45) is 3.89. The molecule has 1 aromatic rings. The lowest BCUT2D eigenvalue weighted by atomic mass is 10.1. The van der Waals surface area contributed by atoms with Crippen molar-refractivity contribution in [3.05, 3.63) is 35.9 Å². The Bertz CT molecular complexity index is 467. The van der Waals surface area contributed by atoms with Gasteiger partial charge in [0.15, 0.2) is 8.32 Å². The molecule has 3 heteroatoms. The van der Waals surface area contributed by atoms with Gasteiger partial charge in [-0.15, -0.1) is 0 Å². The van der Waals surface area contributed by atoms with E-state index in [2.05, 4.69) is 31.5 Å². The van der Waals surface area contributed by atoms with Crippen LogP contribution in [0, 0.1) is 11.8 Å². The Morgan fingerprint density at radius 1 is 1.15 bits per heavy atom. The summed E-state index contributed by atoms with van der Waals surface area (Å²) in [5.74, 6) is 6.36. The smallest absolute Gasteiger partial charge is 0.183 e. The van der Waals surface area contributed by atoms with Crippen molar-refractivity contribution in [1.82, 2.24) is 0 Å². The van der Waals surface area contributed by atoms with Gasteiger partial charge in [-0.3, -0.25) is 0 Å². The van der Waals surface area contributed by atoms with Crippen LogP contribution in [0.4, 0.5) is 0 Å². The Labute approximate surface area is 123 Å². The molecule has 0 aromatic heterocycles. The summed E-state index contributed by atoms with van der Waals surface area (Å²) in [4.78, 5) is 0. The molecular formula is C17H24O2Si. The minimum Gasteiger partial charge on any atom is -0.418 e. The molecule has 1 fully saturated rings. The van der Waals surface area contributed by atoms with Crippen LogP contribution in [0.25, 0.3) is 0 Å². The first-order valence-corrected chi connectivity index (χ1v) is 10.8. The molecule has 1 saturated heterocycles. The summed E-state index contributed by atoms with van der Waals surface area (Å²) in [6, 6.07) is 10.1. The molecule has 2 rings (SSSR count). The Hall–Kier alpha value is -1.08. The quantitative estimate of drug-likeness (QED) is 0.343. The summed E-state index contributed by atoms with van der Waals surface area (Å²) in [5, 5.41) is 0. The molecule has 0 N–H and O–H groups in total. The maximum atomic E-state index is 5.83. The molecule has 1 heterocycles. The van der Waals surface area contributed by atoms with E-state index in [1.807, 2.05) is 30.3 Å². The van der Waals surface area contributed by atoms with Crippen LogP contribution in [-0.2, 0) is 9.16 Å².